The zero-order valence-corrected chi connectivity index (χ0v) is 16.2. The highest BCUT2D eigenvalue weighted by molar-refractivity contribution is 7.80. The van der Waals surface area contributed by atoms with E-state index in [1.807, 2.05) is 19.3 Å². The minimum absolute atomic E-state index is 0.531. The molecule has 0 radical (unpaired) electrons. The first kappa shape index (κ1) is 18.1. The number of hydrogen-bond acceptors (Lipinski definition) is 2. The van der Waals surface area contributed by atoms with E-state index in [9.17, 15) is 0 Å². The minimum atomic E-state index is 0.531. The average Bonchev–Trinajstić information content (AvgIpc) is 3.07. The van der Waals surface area contributed by atoms with Crippen LogP contribution in [0.5, 0.6) is 0 Å². The number of nitrogens with one attached hydrogen (secondary N) is 2. The molecular weight excluding hydrogens is 340 g/mol. The van der Waals surface area contributed by atoms with Crippen molar-refractivity contribution in [1.82, 2.24) is 14.9 Å². The van der Waals surface area contributed by atoms with Gasteiger partial charge in [-0.1, -0.05) is 38.1 Å². The molecule has 1 heterocycles. The van der Waals surface area contributed by atoms with Crippen LogP contribution in [0.25, 0.3) is 5.69 Å². The van der Waals surface area contributed by atoms with Gasteiger partial charge in [-0.2, -0.15) is 0 Å². The van der Waals surface area contributed by atoms with Crippen LogP contribution in [-0.2, 0) is 6.54 Å². The van der Waals surface area contributed by atoms with Crippen molar-refractivity contribution in [2.45, 2.75) is 33.2 Å². The maximum absolute atomic E-state index is 5.39. The normalized spacial score (nSPS) is 10.8. The highest BCUT2D eigenvalue weighted by Gasteiger charge is 2.03. The van der Waals surface area contributed by atoms with Crippen molar-refractivity contribution in [2.75, 3.05) is 5.32 Å². The maximum Gasteiger partial charge on any atom is 0.171 e. The van der Waals surface area contributed by atoms with Gasteiger partial charge in [0.05, 0.1) is 0 Å². The summed E-state index contributed by atoms with van der Waals surface area (Å²) in [5.41, 5.74) is 4.60. The highest BCUT2D eigenvalue weighted by atomic mass is 32.1. The van der Waals surface area contributed by atoms with Crippen LogP contribution >= 0.6 is 12.2 Å². The lowest BCUT2D eigenvalue weighted by molar-refractivity contribution is 0.867. The molecule has 3 aromatic rings. The lowest BCUT2D eigenvalue weighted by atomic mass is 10.0. The van der Waals surface area contributed by atoms with Crippen LogP contribution in [-0.4, -0.2) is 14.7 Å². The summed E-state index contributed by atoms with van der Waals surface area (Å²) >= 11 is 5.39. The molecule has 0 bridgehead atoms. The number of imidazole rings is 1. The van der Waals surface area contributed by atoms with E-state index < -0.39 is 0 Å². The fraction of sp³-hybridized carbons (Fsp3) is 0.238. The van der Waals surface area contributed by atoms with Gasteiger partial charge in [-0.25, -0.2) is 4.98 Å². The Kier molecular flexibility index (Phi) is 5.68. The maximum atomic E-state index is 5.39. The second-order valence-corrected chi connectivity index (χ2v) is 7.00. The van der Waals surface area contributed by atoms with E-state index in [-0.39, 0.29) is 0 Å². The van der Waals surface area contributed by atoms with E-state index in [1.165, 1.54) is 11.1 Å². The van der Waals surface area contributed by atoms with Crippen molar-refractivity contribution in [3.63, 3.8) is 0 Å². The smallest absolute Gasteiger partial charge is 0.171 e. The number of rotatable bonds is 5. The van der Waals surface area contributed by atoms with Crippen molar-refractivity contribution in [2.24, 2.45) is 0 Å². The number of benzene rings is 2. The second-order valence-electron chi connectivity index (χ2n) is 6.60. The zero-order chi connectivity index (χ0) is 18.5. The monoisotopic (exact) mass is 364 g/mol. The van der Waals surface area contributed by atoms with Crippen LogP contribution < -0.4 is 10.6 Å². The van der Waals surface area contributed by atoms with Crippen LogP contribution in [0.4, 0.5) is 5.69 Å². The van der Waals surface area contributed by atoms with E-state index in [1.54, 1.807) is 0 Å². The SMILES string of the molecule is Cc1nccn1-c1ccc(CNC(=S)Nc2ccc(C(C)C)cc2)cc1. The van der Waals surface area contributed by atoms with Gasteiger partial charge in [0.2, 0.25) is 0 Å². The molecule has 134 valence electrons. The van der Waals surface area contributed by atoms with E-state index in [0.717, 1.165) is 17.2 Å². The van der Waals surface area contributed by atoms with Gasteiger partial charge in [0.15, 0.2) is 5.11 Å². The summed E-state index contributed by atoms with van der Waals surface area (Å²) in [4.78, 5) is 4.25. The highest BCUT2D eigenvalue weighted by Crippen LogP contribution is 2.17. The van der Waals surface area contributed by atoms with Gasteiger partial charge < -0.3 is 15.2 Å². The number of aromatic nitrogens is 2. The molecule has 0 amide bonds. The Bertz CT molecular complexity index is 864. The molecule has 1 aromatic heterocycles. The molecule has 0 aliphatic heterocycles. The molecule has 0 aliphatic rings. The Morgan fingerprint density at radius 1 is 1.08 bits per heavy atom. The standard InChI is InChI=1S/C21H24N4S/c1-15(2)18-6-8-19(9-7-18)24-21(26)23-14-17-4-10-20(11-5-17)25-13-12-22-16(25)3/h4-13,15H,14H2,1-3H3,(H2,23,24,26). The molecule has 0 saturated heterocycles. The average molecular weight is 365 g/mol. The van der Waals surface area contributed by atoms with Crippen LogP contribution in [0.15, 0.2) is 60.9 Å². The molecule has 0 saturated carbocycles. The van der Waals surface area contributed by atoms with E-state index in [4.69, 9.17) is 12.2 Å². The van der Waals surface area contributed by atoms with Crippen molar-refractivity contribution in [3.8, 4) is 5.69 Å². The van der Waals surface area contributed by atoms with Gasteiger partial charge >= 0.3 is 0 Å². The Morgan fingerprint density at radius 3 is 2.35 bits per heavy atom. The molecule has 0 spiro atoms. The molecule has 2 aromatic carbocycles. The predicted molar refractivity (Wildman–Crippen MR) is 112 cm³/mol. The quantitative estimate of drug-likeness (QED) is 0.639. The first-order valence-corrected chi connectivity index (χ1v) is 9.18. The van der Waals surface area contributed by atoms with Crippen molar-refractivity contribution >= 4 is 23.0 Å². The lowest BCUT2D eigenvalue weighted by Crippen LogP contribution is -2.27. The van der Waals surface area contributed by atoms with Crippen LogP contribution in [0.2, 0.25) is 0 Å². The largest absolute Gasteiger partial charge is 0.358 e. The fourth-order valence-corrected chi connectivity index (χ4v) is 2.92. The Balaban J connectivity index is 1.53. The molecule has 26 heavy (non-hydrogen) atoms. The lowest BCUT2D eigenvalue weighted by Gasteiger charge is -2.12. The molecule has 2 N–H and O–H groups in total. The van der Waals surface area contributed by atoms with Crippen LogP contribution in [0.3, 0.4) is 0 Å². The minimum Gasteiger partial charge on any atom is -0.358 e. The molecule has 0 fully saturated rings. The third-order valence-electron chi connectivity index (χ3n) is 4.33. The summed E-state index contributed by atoms with van der Waals surface area (Å²) in [6, 6.07) is 16.8. The van der Waals surface area contributed by atoms with Crippen molar-refractivity contribution < 1.29 is 0 Å². The molecule has 0 unspecified atom stereocenters. The van der Waals surface area contributed by atoms with Crippen molar-refractivity contribution in [3.05, 3.63) is 77.9 Å². The summed E-state index contributed by atoms with van der Waals surface area (Å²) in [6.07, 6.45) is 3.77. The fourth-order valence-electron chi connectivity index (χ4n) is 2.73. The number of aryl methyl sites for hydroxylation is 1. The summed E-state index contributed by atoms with van der Waals surface area (Å²) < 4.78 is 2.06. The van der Waals surface area contributed by atoms with Gasteiger partial charge in [-0.05, 0) is 60.5 Å². The van der Waals surface area contributed by atoms with E-state index in [0.29, 0.717) is 17.6 Å². The number of thiocarbonyl (C=S) groups is 1. The molecule has 0 atom stereocenters. The summed E-state index contributed by atoms with van der Waals surface area (Å²) in [7, 11) is 0. The molecule has 0 aliphatic carbocycles. The third-order valence-corrected chi connectivity index (χ3v) is 4.57. The molecule has 3 rings (SSSR count). The Labute approximate surface area is 160 Å². The van der Waals surface area contributed by atoms with Gasteiger partial charge in [0.1, 0.15) is 5.82 Å². The number of hydrogen-bond donors (Lipinski definition) is 2. The number of anilines is 1. The van der Waals surface area contributed by atoms with Gasteiger partial charge in [-0.3, -0.25) is 0 Å². The van der Waals surface area contributed by atoms with Gasteiger partial charge in [-0.15, -0.1) is 0 Å². The predicted octanol–water partition coefficient (Wildman–Crippen LogP) is 4.79. The van der Waals surface area contributed by atoms with Crippen molar-refractivity contribution in [1.29, 1.82) is 0 Å². The molecule has 5 heteroatoms. The first-order chi connectivity index (χ1) is 12.5. The Hall–Kier alpha value is -2.66. The van der Waals surface area contributed by atoms with Gasteiger partial charge in [0, 0.05) is 30.3 Å². The second kappa shape index (κ2) is 8.15. The molecule has 4 nitrogen and oxygen atoms in total. The summed E-state index contributed by atoms with van der Waals surface area (Å²) in [6.45, 7) is 7.05. The van der Waals surface area contributed by atoms with Crippen LogP contribution in [0, 0.1) is 6.92 Å². The summed E-state index contributed by atoms with van der Waals surface area (Å²) in [5, 5.41) is 7.10. The van der Waals surface area contributed by atoms with Crippen LogP contribution in [0.1, 0.15) is 36.7 Å². The Morgan fingerprint density at radius 2 is 1.77 bits per heavy atom. The van der Waals surface area contributed by atoms with E-state index in [2.05, 4.69) is 82.6 Å². The third kappa shape index (κ3) is 4.49. The van der Waals surface area contributed by atoms with Gasteiger partial charge in [0.25, 0.3) is 0 Å². The topological polar surface area (TPSA) is 41.9 Å². The number of nitrogens with zero attached hydrogens (tertiary/aromatic N) is 2. The summed E-state index contributed by atoms with van der Waals surface area (Å²) in [5.74, 6) is 1.51. The zero-order valence-electron chi connectivity index (χ0n) is 15.4. The molecular formula is C21H24N4S. The van der Waals surface area contributed by atoms with E-state index >= 15 is 0 Å². The first-order valence-electron chi connectivity index (χ1n) is 8.77.